The van der Waals surface area contributed by atoms with Gasteiger partial charge in [-0.25, -0.2) is 0 Å². The summed E-state index contributed by atoms with van der Waals surface area (Å²) >= 11 is 0. The standard InChI is InChI=1S/C14H17N3O2/c1-4-13-12(9-16(2)15-13)14(19)17(3)10-5-7-11(18)8-6-10/h5-9,18H,4H2,1-3H3. The number of benzene rings is 1. The van der Waals surface area contributed by atoms with Crippen LogP contribution in [0.1, 0.15) is 23.0 Å². The van der Waals surface area contributed by atoms with Gasteiger partial charge >= 0.3 is 0 Å². The van der Waals surface area contributed by atoms with E-state index in [9.17, 15) is 9.90 Å². The van der Waals surface area contributed by atoms with E-state index in [1.807, 2.05) is 6.92 Å². The lowest BCUT2D eigenvalue weighted by molar-refractivity contribution is 0.0992. The van der Waals surface area contributed by atoms with E-state index in [4.69, 9.17) is 0 Å². The van der Waals surface area contributed by atoms with Gasteiger partial charge in [-0.05, 0) is 30.7 Å². The molecule has 0 radical (unpaired) electrons. The molecule has 0 aliphatic rings. The Labute approximate surface area is 112 Å². The molecule has 0 saturated carbocycles. The highest BCUT2D eigenvalue weighted by Crippen LogP contribution is 2.20. The fraction of sp³-hybridized carbons (Fsp3) is 0.286. The molecule has 1 N–H and O–H groups in total. The van der Waals surface area contributed by atoms with E-state index in [2.05, 4.69) is 5.10 Å². The Morgan fingerprint density at radius 3 is 2.58 bits per heavy atom. The van der Waals surface area contributed by atoms with Gasteiger partial charge in [0.15, 0.2) is 0 Å². The first-order valence-electron chi connectivity index (χ1n) is 6.12. The van der Waals surface area contributed by atoms with Crippen molar-refractivity contribution in [3.05, 3.63) is 41.7 Å². The summed E-state index contributed by atoms with van der Waals surface area (Å²) in [5, 5.41) is 13.5. The summed E-state index contributed by atoms with van der Waals surface area (Å²) in [5.74, 6) is 0.0795. The smallest absolute Gasteiger partial charge is 0.261 e. The van der Waals surface area contributed by atoms with Gasteiger partial charge in [0.2, 0.25) is 0 Å². The third kappa shape index (κ3) is 2.59. The fourth-order valence-electron chi connectivity index (χ4n) is 1.95. The predicted octanol–water partition coefficient (Wildman–Crippen LogP) is 1.96. The number of anilines is 1. The zero-order valence-corrected chi connectivity index (χ0v) is 11.3. The van der Waals surface area contributed by atoms with Crippen LogP contribution < -0.4 is 4.90 Å². The van der Waals surface area contributed by atoms with Crippen molar-refractivity contribution in [3.63, 3.8) is 0 Å². The molecule has 1 aromatic heterocycles. The van der Waals surface area contributed by atoms with Crippen molar-refractivity contribution in [3.8, 4) is 5.75 Å². The molecular formula is C14H17N3O2. The van der Waals surface area contributed by atoms with E-state index < -0.39 is 0 Å². The van der Waals surface area contributed by atoms with Crippen LogP contribution in [0.15, 0.2) is 30.5 Å². The van der Waals surface area contributed by atoms with Gasteiger partial charge in [0.1, 0.15) is 5.75 Å². The minimum absolute atomic E-state index is 0.101. The second-order valence-corrected chi connectivity index (χ2v) is 4.40. The van der Waals surface area contributed by atoms with Gasteiger partial charge in [0.25, 0.3) is 5.91 Å². The average molecular weight is 259 g/mol. The van der Waals surface area contributed by atoms with E-state index in [1.165, 1.54) is 0 Å². The van der Waals surface area contributed by atoms with Crippen molar-refractivity contribution in [1.82, 2.24) is 9.78 Å². The fourth-order valence-corrected chi connectivity index (χ4v) is 1.95. The number of aryl methyl sites for hydroxylation is 2. The Balaban J connectivity index is 2.30. The monoisotopic (exact) mass is 259 g/mol. The molecule has 2 aromatic rings. The normalized spacial score (nSPS) is 10.5. The van der Waals surface area contributed by atoms with Crippen LogP contribution in [-0.4, -0.2) is 27.8 Å². The number of carbonyl (C=O) groups is 1. The number of hydrogen-bond acceptors (Lipinski definition) is 3. The maximum absolute atomic E-state index is 12.4. The zero-order valence-electron chi connectivity index (χ0n) is 11.3. The Morgan fingerprint density at radius 2 is 2.00 bits per heavy atom. The van der Waals surface area contributed by atoms with Gasteiger partial charge in [-0.15, -0.1) is 0 Å². The summed E-state index contributed by atoms with van der Waals surface area (Å²) in [4.78, 5) is 14.0. The van der Waals surface area contributed by atoms with Crippen molar-refractivity contribution in [1.29, 1.82) is 0 Å². The van der Waals surface area contributed by atoms with Crippen LogP contribution in [0.3, 0.4) is 0 Å². The molecule has 5 heteroatoms. The molecule has 19 heavy (non-hydrogen) atoms. The number of nitrogens with zero attached hydrogens (tertiary/aromatic N) is 3. The molecule has 2 rings (SSSR count). The molecule has 0 aliphatic heterocycles. The molecule has 1 heterocycles. The lowest BCUT2D eigenvalue weighted by Crippen LogP contribution is -2.26. The summed E-state index contributed by atoms with van der Waals surface area (Å²) in [5.41, 5.74) is 2.13. The molecule has 1 aromatic carbocycles. The van der Waals surface area contributed by atoms with Crippen molar-refractivity contribution < 1.29 is 9.90 Å². The number of carbonyl (C=O) groups excluding carboxylic acids is 1. The van der Waals surface area contributed by atoms with Crippen molar-refractivity contribution >= 4 is 11.6 Å². The second kappa shape index (κ2) is 5.14. The molecule has 1 amide bonds. The molecule has 5 nitrogen and oxygen atoms in total. The Morgan fingerprint density at radius 1 is 1.37 bits per heavy atom. The summed E-state index contributed by atoms with van der Waals surface area (Å²) in [6.45, 7) is 1.97. The first kappa shape index (κ1) is 13.1. The highest BCUT2D eigenvalue weighted by molar-refractivity contribution is 6.06. The number of rotatable bonds is 3. The maximum Gasteiger partial charge on any atom is 0.261 e. The van der Waals surface area contributed by atoms with Gasteiger partial charge in [0.05, 0.1) is 11.3 Å². The minimum Gasteiger partial charge on any atom is -0.508 e. The Bertz CT molecular complexity index is 587. The van der Waals surface area contributed by atoms with Crippen LogP contribution in [-0.2, 0) is 13.5 Å². The first-order valence-corrected chi connectivity index (χ1v) is 6.12. The van der Waals surface area contributed by atoms with Crippen LogP contribution in [0, 0.1) is 0 Å². The minimum atomic E-state index is -0.101. The van der Waals surface area contributed by atoms with Crippen LogP contribution in [0.2, 0.25) is 0 Å². The van der Waals surface area contributed by atoms with Crippen molar-refractivity contribution in [2.75, 3.05) is 11.9 Å². The van der Waals surface area contributed by atoms with E-state index in [1.54, 1.807) is 54.1 Å². The first-order chi connectivity index (χ1) is 9.02. The third-order valence-electron chi connectivity index (χ3n) is 3.01. The molecule has 0 fully saturated rings. The topological polar surface area (TPSA) is 58.4 Å². The summed E-state index contributed by atoms with van der Waals surface area (Å²) in [6.07, 6.45) is 2.45. The van der Waals surface area contributed by atoms with E-state index >= 15 is 0 Å². The number of phenolic OH excluding ortho intramolecular Hbond substituents is 1. The van der Waals surface area contributed by atoms with E-state index in [0.29, 0.717) is 12.0 Å². The summed E-state index contributed by atoms with van der Waals surface area (Å²) < 4.78 is 1.65. The van der Waals surface area contributed by atoms with Crippen LogP contribution >= 0.6 is 0 Å². The number of amides is 1. The SMILES string of the molecule is CCc1nn(C)cc1C(=O)N(C)c1ccc(O)cc1. The van der Waals surface area contributed by atoms with Crippen LogP contribution in [0.25, 0.3) is 0 Å². The second-order valence-electron chi connectivity index (χ2n) is 4.40. The highest BCUT2D eigenvalue weighted by atomic mass is 16.3. The molecule has 0 atom stereocenters. The maximum atomic E-state index is 12.4. The van der Waals surface area contributed by atoms with Gasteiger partial charge < -0.3 is 10.0 Å². The van der Waals surface area contributed by atoms with E-state index in [0.717, 1.165) is 11.4 Å². The largest absolute Gasteiger partial charge is 0.508 e. The van der Waals surface area contributed by atoms with Gasteiger partial charge in [-0.2, -0.15) is 5.10 Å². The summed E-state index contributed by atoms with van der Waals surface area (Å²) in [7, 11) is 3.51. The lowest BCUT2D eigenvalue weighted by Gasteiger charge is -2.17. The van der Waals surface area contributed by atoms with E-state index in [-0.39, 0.29) is 11.7 Å². The third-order valence-corrected chi connectivity index (χ3v) is 3.01. The molecule has 0 spiro atoms. The quantitative estimate of drug-likeness (QED) is 0.916. The molecule has 0 saturated heterocycles. The van der Waals surface area contributed by atoms with Gasteiger partial charge in [-0.1, -0.05) is 6.92 Å². The van der Waals surface area contributed by atoms with Crippen molar-refractivity contribution in [2.45, 2.75) is 13.3 Å². The molecule has 100 valence electrons. The molecule has 0 bridgehead atoms. The molecular weight excluding hydrogens is 242 g/mol. The Kier molecular flexibility index (Phi) is 3.55. The number of aromatic hydroxyl groups is 1. The zero-order chi connectivity index (χ0) is 14.0. The van der Waals surface area contributed by atoms with Gasteiger partial charge in [0, 0.05) is 26.0 Å². The van der Waals surface area contributed by atoms with Gasteiger partial charge in [-0.3, -0.25) is 9.48 Å². The summed E-state index contributed by atoms with van der Waals surface area (Å²) in [6, 6.07) is 6.52. The number of phenols is 1. The van der Waals surface area contributed by atoms with Crippen LogP contribution in [0.4, 0.5) is 5.69 Å². The number of aromatic nitrogens is 2. The average Bonchev–Trinajstić information content (AvgIpc) is 2.79. The Hall–Kier alpha value is -2.30. The molecule has 0 aliphatic carbocycles. The van der Waals surface area contributed by atoms with Crippen molar-refractivity contribution in [2.24, 2.45) is 7.05 Å². The lowest BCUT2D eigenvalue weighted by atomic mass is 10.2. The number of hydrogen-bond donors (Lipinski definition) is 1. The highest BCUT2D eigenvalue weighted by Gasteiger charge is 2.19. The predicted molar refractivity (Wildman–Crippen MR) is 73.4 cm³/mol. The molecule has 0 unspecified atom stereocenters. The van der Waals surface area contributed by atoms with Crippen LogP contribution in [0.5, 0.6) is 5.75 Å².